The first-order chi connectivity index (χ1) is 15.3. The van der Waals surface area contributed by atoms with E-state index in [9.17, 15) is 9.59 Å². The van der Waals surface area contributed by atoms with Crippen molar-refractivity contribution >= 4 is 11.8 Å². The van der Waals surface area contributed by atoms with Crippen molar-refractivity contribution in [3.63, 3.8) is 0 Å². The van der Waals surface area contributed by atoms with E-state index in [2.05, 4.69) is 19.2 Å². The number of carbonyl (C=O) groups excluding carboxylic acids is 2. The van der Waals surface area contributed by atoms with Gasteiger partial charge in [-0.2, -0.15) is 0 Å². The first kappa shape index (κ1) is 21.9. The predicted octanol–water partition coefficient (Wildman–Crippen LogP) is 5.65. The summed E-state index contributed by atoms with van der Waals surface area (Å²) in [6, 6.07) is 17.2. The summed E-state index contributed by atoms with van der Waals surface area (Å²) in [5.41, 5.74) is 3.48. The van der Waals surface area contributed by atoms with E-state index in [1.807, 2.05) is 61.5 Å². The zero-order valence-corrected chi connectivity index (χ0v) is 19.0. The van der Waals surface area contributed by atoms with Gasteiger partial charge in [-0.25, -0.2) is 4.79 Å². The quantitative estimate of drug-likeness (QED) is 0.620. The molecule has 5 heteroatoms. The van der Waals surface area contributed by atoms with Crippen molar-refractivity contribution in [1.82, 2.24) is 5.32 Å². The van der Waals surface area contributed by atoms with E-state index in [-0.39, 0.29) is 17.8 Å². The number of nitrogens with one attached hydrogen (secondary N) is 1. The van der Waals surface area contributed by atoms with E-state index in [4.69, 9.17) is 9.47 Å². The van der Waals surface area contributed by atoms with Crippen LogP contribution < -0.4 is 10.1 Å². The van der Waals surface area contributed by atoms with E-state index >= 15 is 0 Å². The minimum absolute atomic E-state index is 0.0671. The maximum atomic E-state index is 13.3. The zero-order chi connectivity index (χ0) is 22.9. The van der Waals surface area contributed by atoms with Crippen LogP contribution in [-0.2, 0) is 14.3 Å². The standard InChI is InChI=1S/C27H29NO4/c1-5-31-26(30)23-17(2)28-21-15-27(3,4)16-22(29)25(21)24(23)18-10-9-13-20(14-18)32-19-11-7-6-8-12-19/h6-14,24,28H,5,15-16H2,1-4H3/t24-/m0/s1. The van der Waals surface area contributed by atoms with Gasteiger partial charge in [-0.15, -0.1) is 0 Å². The van der Waals surface area contributed by atoms with Crippen molar-refractivity contribution in [3.05, 3.63) is 82.7 Å². The molecule has 0 amide bonds. The summed E-state index contributed by atoms with van der Waals surface area (Å²) in [7, 11) is 0. The number of rotatable bonds is 5. The molecule has 0 radical (unpaired) electrons. The van der Waals surface area contributed by atoms with Crippen LogP contribution in [0.1, 0.15) is 52.0 Å². The van der Waals surface area contributed by atoms with Gasteiger partial charge in [0.05, 0.1) is 12.2 Å². The Morgan fingerprint density at radius 2 is 1.78 bits per heavy atom. The third kappa shape index (κ3) is 4.33. The van der Waals surface area contributed by atoms with Gasteiger partial charge >= 0.3 is 5.97 Å². The molecule has 1 aliphatic carbocycles. The molecule has 1 aliphatic heterocycles. The second-order valence-electron chi connectivity index (χ2n) is 9.14. The second kappa shape index (κ2) is 8.65. The molecule has 0 bridgehead atoms. The lowest BCUT2D eigenvalue weighted by Crippen LogP contribution is -2.38. The molecule has 0 saturated heterocycles. The van der Waals surface area contributed by atoms with Crippen LogP contribution in [-0.4, -0.2) is 18.4 Å². The highest BCUT2D eigenvalue weighted by Crippen LogP contribution is 2.47. The minimum atomic E-state index is -0.492. The Balaban J connectivity index is 1.81. The molecule has 2 aromatic rings. The van der Waals surface area contributed by atoms with Gasteiger partial charge in [0.25, 0.3) is 0 Å². The highest BCUT2D eigenvalue weighted by Gasteiger charge is 2.43. The number of hydrogen-bond acceptors (Lipinski definition) is 5. The smallest absolute Gasteiger partial charge is 0.336 e. The van der Waals surface area contributed by atoms with Crippen LogP contribution in [0.25, 0.3) is 0 Å². The lowest BCUT2D eigenvalue weighted by molar-refractivity contribution is -0.138. The predicted molar refractivity (Wildman–Crippen MR) is 123 cm³/mol. The Bertz CT molecular complexity index is 1110. The number of para-hydroxylation sites is 1. The zero-order valence-electron chi connectivity index (χ0n) is 19.0. The molecule has 2 aromatic carbocycles. The Morgan fingerprint density at radius 3 is 2.50 bits per heavy atom. The molecule has 32 heavy (non-hydrogen) atoms. The topological polar surface area (TPSA) is 64.6 Å². The van der Waals surface area contributed by atoms with Gasteiger partial charge in [0.2, 0.25) is 0 Å². The Labute approximate surface area is 189 Å². The van der Waals surface area contributed by atoms with Crippen LogP contribution in [0.4, 0.5) is 0 Å². The number of Topliss-reactive ketones (excluding diaryl/α,β-unsaturated/α-hetero) is 1. The fraction of sp³-hybridized carbons (Fsp3) is 0.333. The molecule has 1 N–H and O–H groups in total. The van der Waals surface area contributed by atoms with Crippen molar-refractivity contribution in [3.8, 4) is 11.5 Å². The third-order valence-electron chi connectivity index (χ3n) is 5.91. The number of carbonyl (C=O) groups is 2. The molecular weight excluding hydrogens is 402 g/mol. The fourth-order valence-electron chi connectivity index (χ4n) is 4.63. The molecule has 0 saturated carbocycles. The van der Waals surface area contributed by atoms with Gasteiger partial charge in [-0.05, 0) is 55.5 Å². The molecule has 1 atom stereocenters. The monoisotopic (exact) mass is 431 g/mol. The van der Waals surface area contributed by atoms with Crippen LogP contribution >= 0.6 is 0 Å². The summed E-state index contributed by atoms with van der Waals surface area (Å²) in [4.78, 5) is 26.3. The molecule has 0 unspecified atom stereocenters. The van der Waals surface area contributed by atoms with Crippen LogP contribution in [0.5, 0.6) is 11.5 Å². The van der Waals surface area contributed by atoms with E-state index < -0.39 is 11.9 Å². The van der Waals surface area contributed by atoms with Gasteiger partial charge in [0.15, 0.2) is 5.78 Å². The summed E-state index contributed by atoms with van der Waals surface area (Å²) in [5.74, 6) is 0.549. The van der Waals surface area contributed by atoms with Gasteiger partial charge in [0, 0.05) is 29.3 Å². The van der Waals surface area contributed by atoms with Crippen molar-refractivity contribution in [2.45, 2.75) is 46.5 Å². The minimum Gasteiger partial charge on any atom is -0.463 e. The highest BCUT2D eigenvalue weighted by atomic mass is 16.5. The Hall–Kier alpha value is -3.34. The fourth-order valence-corrected chi connectivity index (χ4v) is 4.63. The highest BCUT2D eigenvalue weighted by molar-refractivity contribution is 6.04. The molecule has 5 nitrogen and oxygen atoms in total. The second-order valence-corrected chi connectivity index (χ2v) is 9.14. The van der Waals surface area contributed by atoms with Crippen LogP contribution in [0, 0.1) is 5.41 Å². The summed E-state index contributed by atoms with van der Waals surface area (Å²) >= 11 is 0. The van der Waals surface area contributed by atoms with Crippen molar-refractivity contribution in [2.75, 3.05) is 6.61 Å². The number of esters is 1. The summed E-state index contributed by atoms with van der Waals surface area (Å²) < 4.78 is 11.4. The molecule has 2 aliphatic rings. The van der Waals surface area contributed by atoms with Crippen LogP contribution in [0.2, 0.25) is 0 Å². The van der Waals surface area contributed by atoms with Gasteiger partial charge in [-0.3, -0.25) is 4.79 Å². The van der Waals surface area contributed by atoms with Crippen LogP contribution in [0.15, 0.2) is 77.1 Å². The maximum Gasteiger partial charge on any atom is 0.336 e. The van der Waals surface area contributed by atoms with Gasteiger partial charge < -0.3 is 14.8 Å². The molecule has 0 spiro atoms. The lowest BCUT2D eigenvalue weighted by Gasteiger charge is -2.39. The Morgan fingerprint density at radius 1 is 1.06 bits per heavy atom. The van der Waals surface area contributed by atoms with Gasteiger partial charge in [-0.1, -0.05) is 44.2 Å². The van der Waals surface area contributed by atoms with E-state index in [0.29, 0.717) is 23.3 Å². The number of benzene rings is 2. The maximum absolute atomic E-state index is 13.3. The van der Waals surface area contributed by atoms with Gasteiger partial charge in [0.1, 0.15) is 11.5 Å². The number of ether oxygens (including phenoxy) is 2. The van der Waals surface area contributed by atoms with E-state index in [1.165, 1.54) is 0 Å². The van der Waals surface area contributed by atoms with E-state index in [1.54, 1.807) is 6.92 Å². The molecule has 0 aromatic heterocycles. The molecule has 0 fully saturated rings. The number of hydrogen-bond donors (Lipinski definition) is 1. The van der Waals surface area contributed by atoms with Crippen molar-refractivity contribution < 1.29 is 19.1 Å². The summed E-state index contributed by atoms with van der Waals surface area (Å²) in [5, 5.41) is 3.35. The normalized spacial score (nSPS) is 19.9. The Kier molecular flexibility index (Phi) is 5.92. The summed E-state index contributed by atoms with van der Waals surface area (Å²) in [6.07, 6.45) is 1.19. The number of ketones is 1. The first-order valence-electron chi connectivity index (χ1n) is 11.0. The molecule has 166 valence electrons. The molecular formula is C27H29NO4. The lowest BCUT2D eigenvalue weighted by atomic mass is 9.68. The molecule has 4 rings (SSSR count). The first-order valence-corrected chi connectivity index (χ1v) is 11.0. The van der Waals surface area contributed by atoms with Crippen LogP contribution in [0.3, 0.4) is 0 Å². The van der Waals surface area contributed by atoms with Crippen molar-refractivity contribution in [2.24, 2.45) is 5.41 Å². The third-order valence-corrected chi connectivity index (χ3v) is 5.91. The molecule has 1 heterocycles. The summed E-state index contributed by atoms with van der Waals surface area (Å²) in [6.45, 7) is 8.12. The average molecular weight is 432 g/mol. The average Bonchev–Trinajstić information content (AvgIpc) is 2.73. The number of allylic oxidation sites excluding steroid dienone is 3. The van der Waals surface area contributed by atoms with Crippen molar-refractivity contribution in [1.29, 1.82) is 0 Å². The van der Waals surface area contributed by atoms with E-state index in [0.717, 1.165) is 29.1 Å². The number of dihydropyridines is 1. The largest absolute Gasteiger partial charge is 0.463 e. The SMILES string of the molecule is CCOC(=O)C1=C(C)NC2=C(C(=O)CC(C)(C)C2)[C@H]1c1cccc(Oc2ccccc2)c1.